The molecule has 0 amide bonds. The molecular weight excluding hydrogens is 222 g/mol. The van der Waals surface area contributed by atoms with E-state index in [1.54, 1.807) is 0 Å². The van der Waals surface area contributed by atoms with Gasteiger partial charge in [0.2, 0.25) is 0 Å². The summed E-state index contributed by atoms with van der Waals surface area (Å²) < 4.78 is 2.17. The van der Waals surface area contributed by atoms with Gasteiger partial charge in [-0.1, -0.05) is 13.3 Å². The molecule has 0 aromatic carbocycles. The molecule has 3 nitrogen and oxygen atoms in total. The minimum Gasteiger partial charge on any atom is -0.336 e. The van der Waals surface area contributed by atoms with E-state index in [2.05, 4.69) is 28.8 Å². The topological polar surface area (TPSA) is 29.9 Å². The number of rotatable bonds is 5. The van der Waals surface area contributed by atoms with Crippen LogP contribution in [0.3, 0.4) is 0 Å². The lowest BCUT2D eigenvalue weighted by Gasteiger charge is -2.27. The van der Waals surface area contributed by atoms with Crippen LogP contribution in [0.5, 0.6) is 0 Å². The maximum atomic E-state index is 4.27. The number of fused-ring (bicyclic) bond motifs is 2. The van der Waals surface area contributed by atoms with E-state index in [-0.39, 0.29) is 0 Å². The lowest BCUT2D eigenvalue weighted by molar-refractivity contribution is 0.277. The minimum absolute atomic E-state index is 0.492. The van der Waals surface area contributed by atoms with Crippen LogP contribution in [0, 0.1) is 17.8 Å². The minimum atomic E-state index is 0.492. The molecule has 4 atom stereocenters. The van der Waals surface area contributed by atoms with Gasteiger partial charge in [0.25, 0.3) is 0 Å². The summed E-state index contributed by atoms with van der Waals surface area (Å²) in [6.07, 6.45) is 11.2. The Kier molecular flexibility index (Phi) is 3.42. The third-order valence-electron chi connectivity index (χ3n) is 5.08. The highest BCUT2D eigenvalue weighted by Crippen LogP contribution is 2.50. The summed E-state index contributed by atoms with van der Waals surface area (Å²) in [5.74, 6) is 3.01. The molecule has 0 spiro atoms. The van der Waals surface area contributed by atoms with Crippen molar-refractivity contribution in [3.05, 3.63) is 18.2 Å². The molecule has 2 saturated carbocycles. The molecule has 1 N–H and O–H groups in total. The van der Waals surface area contributed by atoms with Gasteiger partial charge < -0.3 is 9.88 Å². The normalized spacial score (nSPS) is 32.0. The summed E-state index contributed by atoms with van der Waals surface area (Å²) in [5, 5.41) is 3.65. The first-order chi connectivity index (χ1) is 8.78. The van der Waals surface area contributed by atoms with Crippen LogP contribution < -0.4 is 5.32 Å². The highest BCUT2D eigenvalue weighted by Gasteiger charge is 2.40. The SMILES string of the molecule is CCNC(CC1CC2CCC1C2)c1cncn1C. The van der Waals surface area contributed by atoms with Crippen molar-refractivity contribution in [1.29, 1.82) is 0 Å². The largest absolute Gasteiger partial charge is 0.336 e. The molecule has 100 valence electrons. The quantitative estimate of drug-likeness (QED) is 0.867. The second-order valence-electron chi connectivity index (χ2n) is 6.21. The molecule has 3 heteroatoms. The molecule has 1 aromatic heterocycles. The third kappa shape index (κ3) is 2.20. The average Bonchev–Trinajstić information content (AvgIpc) is 3.04. The molecule has 0 radical (unpaired) electrons. The standard InChI is InChI=1S/C15H25N3/c1-3-17-14(15-9-16-10-18(15)2)8-13-7-11-4-5-12(13)6-11/h9-14,17H,3-8H2,1-2H3. The van der Waals surface area contributed by atoms with Crippen molar-refractivity contribution >= 4 is 0 Å². The lowest BCUT2D eigenvalue weighted by Crippen LogP contribution is -2.26. The van der Waals surface area contributed by atoms with E-state index >= 15 is 0 Å². The van der Waals surface area contributed by atoms with E-state index in [0.29, 0.717) is 6.04 Å². The Labute approximate surface area is 110 Å². The van der Waals surface area contributed by atoms with Gasteiger partial charge in [0, 0.05) is 19.3 Å². The summed E-state index contributed by atoms with van der Waals surface area (Å²) >= 11 is 0. The first-order valence-corrected chi connectivity index (χ1v) is 7.47. The summed E-state index contributed by atoms with van der Waals surface area (Å²) in [6, 6.07) is 0.492. The molecular formula is C15H25N3. The molecule has 2 fully saturated rings. The van der Waals surface area contributed by atoms with Gasteiger partial charge in [-0.05, 0) is 50.0 Å². The van der Waals surface area contributed by atoms with Crippen molar-refractivity contribution in [2.24, 2.45) is 24.8 Å². The van der Waals surface area contributed by atoms with Crippen molar-refractivity contribution in [2.75, 3.05) is 6.54 Å². The molecule has 2 aliphatic rings. The van der Waals surface area contributed by atoms with Crippen LogP contribution in [0.4, 0.5) is 0 Å². The van der Waals surface area contributed by atoms with Crippen molar-refractivity contribution in [3.63, 3.8) is 0 Å². The number of nitrogens with one attached hydrogen (secondary N) is 1. The van der Waals surface area contributed by atoms with E-state index in [9.17, 15) is 0 Å². The van der Waals surface area contributed by atoms with Gasteiger partial charge in [-0.3, -0.25) is 0 Å². The van der Waals surface area contributed by atoms with Gasteiger partial charge in [0.15, 0.2) is 0 Å². The monoisotopic (exact) mass is 247 g/mol. The third-order valence-corrected chi connectivity index (χ3v) is 5.08. The van der Waals surface area contributed by atoms with Gasteiger partial charge in [-0.15, -0.1) is 0 Å². The Morgan fingerprint density at radius 3 is 2.89 bits per heavy atom. The number of imidazole rings is 1. The predicted octanol–water partition coefficient (Wildman–Crippen LogP) is 2.90. The average molecular weight is 247 g/mol. The fourth-order valence-electron chi connectivity index (χ4n) is 4.23. The number of hydrogen-bond donors (Lipinski definition) is 1. The number of hydrogen-bond acceptors (Lipinski definition) is 2. The van der Waals surface area contributed by atoms with Crippen molar-refractivity contribution in [3.8, 4) is 0 Å². The molecule has 3 rings (SSSR count). The summed E-state index contributed by atoms with van der Waals surface area (Å²) in [7, 11) is 2.10. The van der Waals surface area contributed by atoms with Crippen LogP contribution in [0.15, 0.2) is 12.5 Å². The second-order valence-corrected chi connectivity index (χ2v) is 6.21. The van der Waals surface area contributed by atoms with Crippen LogP contribution in [-0.2, 0) is 7.05 Å². The molecule has 1 aromatic rings. The van der Waals surface area contributed by atoms with Gasteiger partial charge in [0.05, 0.1) is 12.0 Å². The fourth-order valence-corrected chi connectivity index (χ4v) is 4.23. The number of nitrogens with zero attached hydrogens (tertiary/aromatic N) is 2. The molecule has 0 saturated heterocycles. The highest BCUT2D eigenvalue weighted by molar-refractivity contribution is 5.06. The summed E-state index contributed by atoms with van der Waals surface area (Å²) in [6.45, 7) is 3.24. The van der Waals surface area contributed by atoms with Gasteiger partial charge in [-0.25, -0.2) is 4.98 Å². The zero-order valence-corrected chi connectivity index (χ0v) is 11.6. The van der Waals surface area contributed by atoms with Crippen LogP contribution in [0.25, 0.3) is 0 Å². The predicted molar refractivity (Wildman–Crippen MR) is 73.2 cm³/mol. The molecule has 18 heavy (non-hydrogen) atoms. The highest BCUT2D eigenvalue weighted by atomic mass is 15.1. The van der Waals surface area contributed by atoms with E-state index < -0.39 is 0 Å². The second kappa shape index (κ2) is 5.04. The van der Waals surface area contributed by atoms with E-state index in [0.717, 1.165) is 24.3 Å². The maximum absolute atomic E-state index is 4.27. The molecule has 2 aliphatic carbocycles. The molecule has 4 unspecified atom stereocenters. The van der Waals surface area contributed by atoms with E-state index in [1.807, 2.05) is 12.5 Å². The van der Waals surface area contributed by atoms with Gasteiger partial charge in [0.1, 0.15) is 0 Å². The Bertz CT molecular complexity index is 398. The van der Waals surface area contributed by atoms with Crippen LogP contribution in [0.1, 0.15) is 50.8 Å². The van der Waals surface area contributed by atoms with Crippen molar-refractivity contribution in [2.45, 2.75) is 45.1 Å². The smallest absolute Gasteiger partial charge is 0.0946 e. The van der Waals surface area contributed by atoms with Crippen LogP contribution in [-0.4, -0.2) is 16.1 Å². The van der Waals surface area contributed by atoms with E-state index in [1.165, 1.54) is 37.8 Å². The first kappa shape index (κ1) is 12.2. The Balaban J connectivity index is 1.69. The fraction of sp³-hybridized carbons (Fsp3) is 0.800. The summed E-state index contributed by atoms with van der Waals surface area (Å²) in [5.41, 5.74) is 1.35. The van der Waals surface area contributed by atoms with Gasteiger partial charge in [-0.2, -0.15) is 0 Å². The van der Waals surface area contributed by atoms with Gasteiger partial charge >= 0.3 is 0 Å². The summed E-state index contributed by atoms with van der Waals surface area (Å²) in [4.78, 5) is 4.27. The van der Waals surface area contributed by atoms with Crippen molar-refractivity contribution in [1.82, 2.24) is 14.9 Å². The zero-order valence-electron chi connectivity index (χ0n) is 11.6. The van der Waals surface area contributed by atoms with Crippen molar-refractivity contribution < 1.29 is 0 Å². The molecule has 1 heterocycles. The maximum Gasteiger partial charge on any atom is 0.0946 e. The molecule has 2 bridgehead atoms. The molecule has 0 aliphatic heterocycles. The number of aryl methyl sites for hydroxylation is 1. The first-order valence-electron chi connectivity index (χ1n) is 7.47. The van der Waals surface area contributed by atoms with E-state index in [4.69, 9.17) is 0 Å². The Hall–Kier alpha value is -0.830. The Morgan fingerprint density at radius 1 is 1.44 bits per heavy atom. The zero-order chi connectivity index (χ0) is 12.5. The van der Waals surface area contributed by atoms with Crippen LogP contribution in [0.2, 0.25) is 0 Å². The lowest BCUT2D eigenvalue weighted by atomic mass is 9.83. The Morgan fingerprint density at radius 2 is 2.33 bits per heavy atom. The number of aromatic nitrogens is 2. The van der Waals surface area contributed by atoms with Crippen LogP contribution >= 0.6 is 0 Å².